The maximum atomic E-state index is 13.1. The van der Waals surface area contributed by atoms with Gasteiger partial charge in [0.1, 0.15) is 15.8 Å². The van der Waals surface area contributed by atoms with Crippen LogP contribution in [-0.2, 0) is 6.54 Å². The topological polar surface area (TPSA) is 68.0 Å². The predicted octanol–water partition coefficient (Wildman–Crippen LogP) is 4.73. The standard InChI is InChI=1S/C19H13FN6S2/c20-14-8-6-12(7-9-14)15-11-26-19(22-15)28-18(25-26)21-10-16-23-24-17(27-16)13-4-2-1-3-5-13/h1-9,11H,10H2,(H,21,25). The average Bonchev–Trinajstić information content (AvgIpc) is 3.42. The Morgan fingerprint density at radius 3 is 2.54 bits per heavy atom. The minimum Gasteiger partial charge on any atom is -0.353 e. The lowest BCUT2D eigenvalue weighted by molar-refractivity contribution is 0.628. The van der Waals surface area contributed by atoms with Crippen molar-refractivity contribution in [3.63, 3.8) is 0 Å². The van der Waals surface area contributed by atoms with E-state index in [1.54, 1.807) is 28.0 Å². The van der Waals surface area contributed by atoms with Gasteiger partial charge in [0.25, 0.3) is 0 Å². The molecular weight excluding hydrogens is 395 g/mol. The molecule has 0 aliphatic rings. The summed E-state index contributed by atoms with van der Waals surface area (Å²) in [5.74, 6) is -0.263. The summed E-state index contributed by atoms with van der Waals surface area (Å²) >= 11 is 3.00. The molecule has 5 aromatic rings. The Kier molecular flexibility index (Phi) is 4.30. The fourth-order valence-corrected chi connectivity index (χ4v) is 4.27. The summed E-state index contributed by atoms with van der Waals surface area (Å²) in [6.45, 7) is 0.548. The van der Waals surface area contributed by atoms with Crippen molar-refractivity contribution >= 4 is 32.8 Å². The Morgan fingerprint density at radius 2 is 1.75 bits per heavy atom. The average molecular weight is 408 g/mol. The molecule has 1 N–H and O–H groups in total. The molecule has 0 bridgehead atoms. The predicted molar refractivity (Wildman–Crippen MR) is 109 cm³/mol. The van der Waals surface area contributed by atoms with Crippen LogP contribution in [0.2, 0.25) is 0 Å². The van der Waals surface area contributed by atoms with Crippen LogP contribution < -0.4 is 5.32 Å². The van der Waals surface area contributed by atoms with Gasteiger partial charge in [-0.1, -0.05) is 53.0 Å². The van der Waals surface area contributed by atoms with Gasteiger partial charge in [0.2, 0.25) is 10.1 Å². The highest BCUT2D eigenvalue weighted by Gasteiger charge is 2.11. The summed E-state index contributed by atoms with van der Waals surface area (Å²) in [5.41, 5.74) is 2.69. The number of anilines is 1. The summed E-state index contributed by atoms with van der Waals surface area (Å²) in [7, 11) is 0. The van der Waals surface area contributed by atoms with E-state index in [1.165, 1.54) is 23.5 Å². The fraction of sp³-hybridized carbons (Fsp3) is 0.0526. The van der Waals surface area contributed by atoms with Gasteiger partial charge in [-0.05, 0) is 24.3 Å². The Morgan fingerprint density at radius 1 is 0.929 bits per heavy atom. The molecule has 0 radical (unpaired) electrons. The first-order chi connectivity index (χ1) is 13.7. The van der Waals surface area contributed by atoms with Gasteiger partial charge < -0.3 is 5.32 Å². The van der Waals surface area contributed by atoms with E-state index in [2.05, 4.69) is 25.6 Å². The van der Waals surface area contributed by atoms with Crippen molar-refractivity contribution < 1.29 is 4.39 Å². The zero-order chi connectivity index (χ0) is 18.9. The highest BCUT2D eigenvalue weighted by molar-refractivity contribution is 7.20. The number of benzene rings is 2. The van der Waals surface area contributed by atoms with Gasteiger partial charge in [0, 0.05) is 11.1 Å². The quantitative estimate of drug-likeness (QED) is 0.455. The van der Waals surface area contributed by atoms with Crippen molar-refractivity contribution in [1.29, 1.82) is 0 Å². The highest BCUT2D eigenvalue weighted by Crippen LogP contribution is 2.26. The van der Waals surface area contributed by atoms with Crippen LogP contribution in [0, 0.1) is 5.82 Å². The number of nitrogens with one attached hydrogen (secondary N) is 1. The Hall–Kier alpha value is -3.17. The molecule has 0 fully saturated rings. The van der Waals surface area contributed by atoms with Gasteiger partial charge in [-0.2, -0.15) is 0 Å². The summed E-state index contributed by atoms with van der Waals surface area (Å²) in [6, 6.07) is 16.3. The second kappa shape index (κ2) is 7.10. The first-order valence-electron chi connectivity index (χ1n) is 8.48. The Balaban J connectivity index is 1.29. The highest BCUT2D eigenvalue weighted by atomic mass is 32.1. The summed E-state index contributed by atoms with van der Waals surface area (Å²) in [4.78, 5) is 5.33. The van der Waals surface area contributed by atoms with Gasteiger partial charge in [-0.15, -0.1) is 15.3 Å². The van der Waals surface area contributed by atoms with E-state index >= 15 is 0 Å². The molecule has 0 saturated carbocycles. The molecule has 138 valence electrons. The van der Waals surface area contributed by atoms with E-state index < -0.39 is 0 Å². The second-order valence-corrected chi connectivity index (χ2v) is 8.01. The van der Waals surface area contributed by atoms with Crippen molar-refractivity contribution in [2.45, 2.75) is 6.54 Å². The van der Waals surface area contributed by atoms with Crippen LogP contribution in [0.4, 0.5) is 9.52 Å². The third-order valence-corrected chi connectivity index (χ3v) is 5.91. The van der Waals surface area contributed by atoms with E-state index in [-0.39, 0.29) is 5.82 Å². The van der Waals surface area contributed by atoms with Crippen LogP contribution in [0.3, 0.4) is 0 Å². The van der Waals surface area contributed by atoms with Crippen LogP contribution >= 0.6 is 22.7 Å². The molecule has 5 rings (SSSR count). The third-order valence-electron chi connectivity index (χ3n) is 4.06. The first kappa shape index (κ1) is 17.0. The summed E-state index contributed by atoms with van der Waals surface area (Å²) in [6.07, 6.45) is 1.84. The Labute approximate surface area is 167 Å². The number of fused-ring (bicyclic) bond motifs is 1. The molecule has 0 saturated heterocycles. The minimum absolute atomic E-state index is 0.263. The van der Waals surface area contributed by atoms with Crippen molar-refractivity contribution in [2.75, 3.05) is 5.32 Å². The van der Waals surface area contributed by atoms with E-state index in [0.29, 0.717) is 6.54 Å². The fourth-order valence-electron chi connectivity index (χ4n) is 2.70. The van der Waals surface area contributed by atoms with Crippen molar-refractivity contribution in [3.05, 3.63) is 71.6 Å². The van der Waals surface area contributed by atoms with Crippen LogP contribution in [0.25, 0.3) is 26.8 Å². The van der Waals surface area contributed by atoms with Gasteiger partial charge in [-0.25, -0.2) is 13.9 Å². The van der Waals surface area contributed by atoms with E-state index in [1.807, 2.05) is 36.5 Å². The van der Waals surface area contributed by atoms with Gasteiger partial charge in [-0.3, -0.25) is 0 Å². The number of rotatable bonds is 5. The summed E-state index contributed by atoms with van der Waals surface area (Å²) in [5, 5.41) is 18.8. The molecule has 0 amide bonds. The van der Waals surface area contributed by atoms with Gasteiger partial charge >= 0.3 is 0 Å². The number of halogens is 1. The van der Waals surface area contributed by atoms with Crippen molar-refractivity contribution in [1.82, 2.24) is 24.8 Å². The zero-order valence-corrected chi connectivity index (χ0v) is 16.0. The largest absolute Gasteiger partial charge is 0.353 e. The van der Waals surface area contributed by atoms with Crippen LogP contribution in [0.1, 0.15) is 5.01 Å². The molecule has 0 spiro atoms. The lowest BCUT2D eigenvalue weighted by Crippen LogP contribution is -1.99. The molecule has 0 aliphatic carbocycles. The van der Waals surface area contributed by atoms with Crippen LogP contribution in [0.5, 0.6) is 0 Å². The Bertz CT molecular complexity index is 1200. The molecule has 3 heterocycles. The number of imidazole rings is 1. The molecular formula is C19H13FN6S2. The molecule has 28 heavy (non-hydrogen) atoms. The van der Waals surface area contributed by atoms with Crippen molar-refractivity contribution in [2.24, 2.45) is 0 Å². The number of hydrogen-bond donors (Lipinski definition) is 1. The van der Waals surface area contributed by atoms with E-state index in [4.69, 9.17) is 0 Å². The van der Waals surface area contributed by atoms with Gasteiger partial charge in [0.05, 0.1) is 18.4 Å². The van der Waals surface area contributed by atoms with E-state index in [0.717, 1.165) is 36.9 Å². The second-order valence-electron chi connectivity index (χ2n) is 5.99. The number of aromatic nitrogens is 5. The normalized spacial score (nSPS) is 11.2. The zero-order valence-electron chi connectivity index (χ0n) is 14.4. The van der Waals surface area contributed by atoms with Crippen LogP contribution in [0.15, 0.2) is 60.8 Å². The van der Waals surface area contributed by atoms with E-state index in [9.17, 15) is 4.39 Å². The molecule has 0 atom stereocenters. The maximum absolute atomic E-state index is 13.1. The third kappa shape index (κ3) is 3.37. The number of nitrogens with zero attached hydrogens (tertiary/aromatic N) is 5. The summed E-state index contributed by atoms with van der Waals surface area (Å²) < 4.78 is 14.8. The molecule has 3 aromatic heterocycles. The smallest absolute Gasteiger partial charge is 0.214 e. The lowest BCUT2D eigenvalue weighted by atomic mass is 10.2. The number of hydrogen-bond acceptors (Lipinski definition) is 7. The molecule has 9 heteroatoms. The molecule has 0 aliphatic heterocycles. The SMILES string of the molecule is Fc1ccc(-c2cn3nc(NCc4nnc(-c5ccccc5)s4)sc3n2)cc1. The van der Waals surface area contributed by atoms with Gasteiger partial charge in [0.15, 0.2) is 0 Å². The molecule has 2 aromatic carbocycles. The van der Waals surface area contributed by atoms with Crippen molar-refractivity contribution in [3.8, 4) is 21.8 Å². The molecule has 6 nitrogen and oxygen atoms in total. The maximum Gasteiger partial charge on any atom is 0.214 e. The monoisotopic (exact) mass is 408 g/mol. The van der Waals surface area contributed by atoms with Crippen LogP contribution in [-0.4, -0.2) is 24.8 Å². The minimum atomic E-state index is -0.263. The lowest BCUT2D eigenvalue weighted by Gasteiger charge is -1.97. The first-order valence-corrected chi connectivity index (χ1v) is 10.1. The molecule has 0 unspecified atom stereocenters.